The molecule has 0 spiro atoms. The van der Waals surface area contributed by atoms with Crippen LogP contribution < -0.4 is 15.0 Å². The van der Waals surface area contributed by atoms with Crippen LogP contribution in [0.15, 0.2) is 58.7 Å². The number of nitrogens with zero attached hydrogens (tertiary/aromatic N) is 1. The maximum Gasteiger partial charge on any atom is 0.333 e. The summed E-state index contributed by atoms with van der Waals surface area (Å²) in [7, 11) is 0. The number of urea groups is 1. The number of carbonyl (C=O) groups is 2. The first kappa shape index (κ1) is 17.2. The molecular weight excluding hydrogens is 384 g/mol. The third kappa shape index (κ3) is 3.74. The molecule has 0 aromatic heterocycles. The summed E-state index contributed by atoms with van der Waals surface area (Å²) in [6, 6.07) is 13.9. The number of benzene rings is 2. The summed E-state index contributed by atoms with van der Waals surface area (Å²) in [6.45, 7) is 3.90. The zero-order chi connectivity index (χ0) is 18.0. The van der Waals surface area contributed by atoms with Crippen molar-refractivity contribution < 1.29 is 14.3 Å². The topological polar surface area (TPSA) is 58.6 Å². The molecule has 128 valence electrons. The van der Waals surface area contributed by atoms with Crippen molar-refractivity contribution in [3.8, 4) is 5.75 Å². The Labute approximate surface area is 154 Å². The zero-order valence-corrected chi connectivity index (χ0v) is 15.4. The molecule has 0 saturated carbocycles. The maximum absolute atomic E-state index is 12.6. The summed E-state index contributed by atoms with van der Waals surface area (Å²) < 4.78 is 6.46. The van der Waals surface area contributed by atoms with E-state index in [1.165, 1.54) is 0 Å². The molecule has 3 amide bonds. The number of halogens is 1. The number of para-hydroxylation sites is 1. The standard InChI is InChI=1S/C19H17BrN2O3/c1-12(2)25-17-9-8-13(10-15(17)20)11-16-18(23)22(19(24)21-16)14-6-4-3-5-7-14/h3-12H,1-2H3,(H,21,24)/b16-11+. The fraction of sp³-hybridized carbons (Fsp3) is 0.158. The van der Waals surface area contributed by atoms with Crippen molar-refractivity contribution in [1.82, 2.24) is 5.32 Å². The Balaban J connectivity index is 1.86. The molecule has 1 fully saturated rings. The molecule has 1 aliphatic heterocycles. The van der Waals surface area contributed by atoms with Crippen molar-refractivity contribution in [3.63, 3.8) is 0 Å². The lowest BCUT2D eigenvalue weighted by Gasteiger charge is -2.12. The van der Waals surface area contributed by atoms with Crippen molar-refractivity contribution in [2.75, 3.05) is 4.90 Å². The van der Waals surface area contributed by atoms with Gasteiger partial charge in [0.05, 0.1) is 16.3 Å². The molecule has 5 nitrogen and oxygen atoms in total. The van der Waals surface area contributed by atoms with E-state index in [0.29, 0.717) is 5.69 Å². The predicted molar refractivity (Wildman–Crippen MR) is 100 cm³/mol. The van der Waals surface area contributed by atoms with Gasteiger partial charge in [0, 0.05) is 0 Å². The highest BCUT2D eigenvalue weighted by atomic mass is 79.9. The Morgan fingerprint density at radius 1 is 1.12 bits per heavy atom. The number of hydrogen-bond donors (Lipinski definition) is 1. The SMILES string of the molecule is CC(C)Oc1ccc(/C=C2/NC(=O)N(c3ccccc3)C2=O)cc1Br. The number of anilines is 1. The van der Waals surface area contributed by atoms with E-state index in [1.807, 2.05) is 38.1 Å². The van der Waals surface area contributed by atoms with Crippen molar-refractivity contribution in [2.24, 2.45) is 0 Å². The minimum atomic E-state index is -0.457. The van der Waals surface area contributed by atoms with Crippen LogP contribution in [0.1, 0.15) is 19.4 Å². The number of carbonyl (C=O) groups excluding carboxylic acids is 2. The molecule has 1 N–H and O–H groups in total. The lowest BCUT2D eigenvalue weighted by molar-refractivity contribution is -0.113. The highest BCUT2D eigenvalue weighted by Gasteiger charge is 2.34. The predicted octanol–water partition coefficient (Wildman–Crippen LogP) is 4.33. The largest absolute Gasteiger partial charge is 0.490 e. The van der Waals surface area contributed by atoms with Gasteiger partial charge in [0.1, 0.15) is 11.4 Å². The van der Waals surface area contributed by atoms with Gasteiger partial charge in [-0.1, -0.05) is 24.3 Å². The summed E-state index contributed by atoms with van der Waals surface area (Å²) in [5.74, 6) is 0.347. The highest BCUT2D eigenvalue weighted by Crippen LogP contribution is 2.28. The molecule has 2 aromatic carbocycles. The molecular formula is C19H17BrN2O3. The molecule has 0 atom stereocenters. The molecule has 1 saturated heterocycles. The van der Waals surface area contributed by atoms with Crippen LogP contribution in [0.4, 0.5) is 10.5 Å². The third-order valence-corrected chi connectivity index (χ3v) is 4.14. The number of imide groups is 1. The molecule has 1 heterocycles. The van der Waals surface area contributed by atoms with Crippen LogP contribution >= 0.6 is 15.9 Å². The van der Waals surface area contributed by atoms with E-state index in [-0.39, 0.29) is 17.7 Å². The number of amides is 3. The van der Waals surface area contributed by atoms with Gasteiger partial charge in [0.15, 0.2) is 0 Å². The van der Waals surface area contributed by atoms with Crippen LogP contribution in [0.25, 0.3) is 6.08 Å². The smallest absolute Gasteiger partial charge is 0.333 e. The molecule has 25 heavy (non-hydrogen) atoms. The number of ether oxygens (including phenoxy) is 1. The van der Waals surface area contributed by atoms with Gasteiger partial charge in [0.2, 0.25) is 0 Å². The van der Waals surface area contributed by atoms with Gasteiger partial charge >= 0.3 is 6.03 Å². The average Bonchev–Trinajstić information content (AvgIpc) is 2.84. The molecule has 0 unspecified atom stereocenters. The highest BCUT2D eigenvalue weighted by molar-refractivity contribution is 9.10. The average molecular weight is 401 g/mol. The van der Waals surface area contributed by atoms with Gasteiger partial charge in [-0.05, 0) is 65.7 Å². The molecule has 6 heteroatoms. The summed E-state index contributed by atoms with van der Waals surface area (Å²) >= 11 is 3.46. The molecule has 3 rings (SSSR count). The van der Waals surface area contributed by atoms with E-state index in [4.69, 9.17) is 4.74 Å². The second-order valence-electron chi connectivity index (χ2n) is 5.82. The molecule has 2 aromatic rings. The van der Waals surface area contributed by atoms with E-state index in [2.05, 4.69) is 21.2 Å². The van der Waals surface area contributed by atoms with E-state index < -0.39 is 6.03 Å². The van der Waals surface area contributed by atoms with Crippen LogP contribution in [-0.2, 0) is 4.79 Å². The second-order valence-corrected chi connectivity index (χ2v) is 6.68. The zero-order valence-electron chi connectivity index (χ0n) is 13.8. The maximum atomic E-state index is 12.6. The lowest BCUT2D eigenvalue weighted by atomic mass is 10.2. The Bertz CT molecular complexity index is 847. The monoisotopic (exact) mass is 400 g/mol. The number of rotatable bonds is 4. The summed E-state index contributed by atoms with van der Waals surface area (Å²) in [5.41, 5.74) is 1.55. The Kier molecular flexibility index (Phi) is 4.90. The van der Waals surface area contributed by atoms with Crippen LogP contribution in [-0.4, -0.2) is 18.0 Å². The Morgan fingerprint density at radius 3 is 2.48 bits per heavy atom. The van der Waals surface area contributed by atoms with E-state index in [0.717, 1.165) is 20.7 Å². The van der Waals surface area contributed by atoms with Gasteiger partial charge in [-0.2, -0.15) is 0 Å². The number of hydrogen-bond acceptors (Lipinski definition) is 3. The van der Waals surface area contributed by atoms with Crippen molar-refractivity contribution in [3.05, 3.63) is 64.3 Å². The van der Waals surface area contributed by atoms with E-state index >= 15 is 0 Å². The van der Waals surface area contributed by atoms with Crippen LogP contribution in [0.5, 0.6) is 5.75 Å². The Morgan fingerprint density at radius 2 is 1.84 bits per heavy atom. The van der Waals surface area contributed by atoms with Gasteiger partial charge in [-0.25, -0.2) is 9.69 Å². The fourth-order valence-corrected chi connectivity index (χ4v) is 2.96. The third-order valence-electron chi connectivity index (χ3n) is 3.52. The van der Waals surface area contributed by atoms with Gasteiger partial charge in [0.25, 0.3) is 5.91 Å². The first-order valence-corrected chi connectivity index (χ1v) is 8.63. The van der Waals surface area contributed by atoms with E-state index in [9.17, 15) is 9.59 Å². The number of nitrogens with one attached hydrogen (secondary N) is 1. The minimum absolute atomic E-state index is 0.0654. The van der Waals surface area contributed by atoms with Crippen molar-refractivity contribution in [2.45, 2.75) is 20.0 Å². The first-order valence-electron chi connectivity index (χ1n) is 7.84. The van der Waals surface area contributed by atoms with Crippen LogP contribution in [0.3, 0.4) is 0 Å². The minimum Gasteiger partial charge on any atom is -0.490 e. The van der Waals surface area contributed by atoms with Gasteiger partial charge in [-0.15, -0.1) is 0 Å². The molecule has 0 bridgehead atoms. The summed E-state index contributed by atoms with van der Waals surface area (Å²) in [5, 5.41) is 2.62. The lowest BCUT2D eigenvalue weighted by Crippen LogP contribution is -2.30. The normalized spacial score (nSPS) is 15.8. The fourth-order valence-electron chi connectivity index (χ4n) is 2.47. The second kappa shape index (κ2) is 7.11. The van der Waals surface area contributed by atoms with Crippen molar-refractivity contribution in [1.29, 1.82) is 0 Å². The van der Waals surface area contributed by atoms with E-state index in [1.54, 1.807) is 30.3 Å². The van der Waals surface area contributed by atoms with Crippen molar-refractivity contribution >= 4 is 39.6 Å². The molecule has 0 aliphatic carbocycles. The Hall–Kier alpha value is -2.60. The quantitative estimate of drug-likeness (QED) is 0.613. The summed E-state index contributed by atoms with van der Waals surface area (Å²) in [4.78, 5) is 25.8. The van der Waals surface area contributed by atoms with Gasteiger partial charge in [-0.3, -0.25) is 4.79 Å². The van der Waals surface area contributed by atoms with Crippen LogP contribution in [0, 0.1) is 0 Å². The summed E-state index contributed by atoms with van der Waals surface area (Å²) in [6.07, 6.45) is 1.71. The van der Waals surface area contributed by atoms with Gasteiger partial charge < -0.3 is 10.1 Å². The first-order chi connectivity index (χ1) is 12.0. The molecule has 0 radical (unpaired) electrons. The van der Waals surface area contributed by atoms with Crippen LogP contribution in [0.2, 0.25) is 0 Å². The molecule has 1 aliphatic rings.